The molecule has 6 heteroatoms. The van der Waals surface area contributed by atoms with E-state index < -0.39 is 11.7 Å². The normalized spacial score (nSPS) is 15.3. The number of nitrogens with zero attached hydrogens (tertiary/aromatic N) is 1. The van der Waals surface area contributed by atoms with Crippen LogP contribution in [0, 0.1) is 5.92 Å². The average Bonchev–Trinajstić information content (AvgIpc) is 2.35. The molecule has 2 unspecified atom stereocenters. The first-order valence-corrected chi connectivity index (χ1v) is 6.37. The van der Waals surface area contributed by atoms with E-state index in [1.165, 1.54) is 6.07 Å². The Labute approximate surface area is 111 Å². The van der Waals surface area contributed by atoms with Crippen molar-refractivity contribution in [1.29, 1.82) is 0 Å². The summed E-state index contributed by atoms with van der Waals surface area (Å²) in [6.07, 6.45) is -0.628. The molecule has 108 valence electrons. The number of aromatic nitrogens is 1. The Morgan fingerprint density at radius 2 is 2.05 bits per heavy atom. The van der Waals surface area contributed by atoms with Gasteiger partial charge >= 0.3 is 6.18 Å². The van der Waals surface area contributed by atoms with Gasteiger partial charge in [-0.05, 0) is 24.5 Å². The van der Waals surface area contributed by atoms with Gasteiger partial charge in [0.15, 0.2) is 0 Å². The van der Waals surface area contributed by atoms with Crippen molar-refractivity contribution in [2.75, 3.05) is 0 Å². The zero-order valence-electron chi connectivity index (χ0n) is 11.2. The highest BCUT2D eigenvalue weighted by Gasteiger charge is 2.31. The molecule has 3 N–H and O–H groups in total. The minimum atomic E-state index is -4.35. The predicted molar refractivity (Wildman–Crippen MR) is 68.0 cm³/mol. The van der Waals surface area contributed by atoms with Gasteiger partial charge in [-0.15, -0.1) is 0 Å². The van der Waals surface area contributed by atoms with E-state index in [1.807, 2.05) is 0 Å². The van der Waals surface area contributed by atoms with Crippen molar-refractivity contribution in [3.05, 3.63) is 29.6 Å². The quantitative estimate of drug-likeness (QED) is 0.617. The first kappa shape index (κ1) is 15.9. The molecule has 0 fully saturated rings. The van der Waals surface area contributed by atoms with E-state index in [9.17, 15) is 13.2 Å². The van der Waals surface area contributed by atoms with Crippen molar-refractivity contribution in [2.45, 2.75) is 45.3 Å². The SMILES string of the molecule is CCCC(C)CC(NN)c1ccc(C(F)(F)F)cn1. The molecule has 19 heavy (non-hydrogen) atoms. The Bertz CT molecular complexity index is 376. The summed E-state index contributed by atoms with van der Waals surface area (Å²) >= 11 is 0. The number of hydrazine groups is 1. The van der Waals surface area contributed by atoms with Crippen LogP contribution in [0.5, 0.6) is 0 Å². The lowest BCUT2D eigenvalue weighted by Crippen LogP contribution is -2.30. The van der Waals surface area contributed by atoms with E-state index in [1.54, 1.807) is 0 Å². The smallest absolute Gasteiger partial charge is 0.271 e. The van der Waals surface area contributed by atoms with Crippen LogP contribution in [0.2, 0.25) is 0 Å². The van der Waals surface area contributed by atoms with Crippen molar-refractivity contribution < 1.29 is 13.2 Å². The highest BCUT2D eigenvalue weighted by Crippen LogP contribution is 2.29. The fourth-order valence-electron chi connectivity index (χ4n) is 2.07. The number of pyridine rings is 1. The first-order valence-electron chi connectivity index (χ1n) is 6.37. The molecule has 1 aromatic heterocycles. The predicted octanol–water partition coefficient (Wildman–Crippen LogP) is 3.43. The van der Waals surface area contributed by atoms with Crippen LogP contribution in [0.15, 0.2) is 18.3 Å². The van der Waals surface area contributed by atoms with E-state index in [0.717, 1.165) is 31.5 Å². The van der Waals surface area contributed by atoms with Gasteiger partial charge in [0.05, 0.1) is 17.3 Å². The van der Waals surface area contributed by atoms with Crippen LogP contribution in [0.3, 0.4) is 0 Å². The molecule has 0 saturated heterocycles. The summed E-state index contributed by atoms with van der Waals surface area (Å²) in [7, 11) is 0. The molecule has 0 aliphatic rings. The zero-order valence-corrected chi connectivity index (χ0v) is 11.2. The van der Waals surface area contributed by atoms with Gasteiger partial charge in [0.1, 0.15) is 0 Å². The van der Waals surface area contributed by atoms with Crippen LogP contribution in [0.1, 0.15) is 50.4 Å². The second-order valence-electron chi connectivity index (χ2n) is 4.82. The number of alkyl halides is 3. The monoisotopic (exact) mass is 275 g/mol. The van der Waals surface area contributed by atoms with Gasteiger partial charge in [-0.25, -0.2) is 0 Å². The first-order chi connectivity index (χ1) is 8.88. The van der Waals surface area contributed by atoms with Crippen LogP contribution in [0.4, 0.5) is 13.2 Å². The summed E-state index contributed by atoms with van der Waals surface area (Å²) in [5.74, 6) is 5.90. The van der Waals surface area contributed by atoms with Gasteiger partial charge in [0.2, 0.25) is 0 Å². The number of nitrogens with one attached hydrogen (secondary N) is 1. The molecule has 2 atom stereocenters. The summed E-state index contributed by atoms with van der Waals surface area (Å²) in [4.78, 5) is 3.87. The number of hydrogen-bond donors (Lipinski definition) is 2. The minimum absolute atomic E-state index is 0.219. The van der Waals surface area contributed by atoms with Crippen LogP contribution in [0.25, 0.3) is 0 Å². The molecular formula is C13H20F3N3. The number of halogens is 3. The van der Waals surface area contributed by atoms with Crippen molar-refractivity contribution in [3.8, 4) is 0 Å². The molecule has 3 nitrogen and oxygen atoms in total. The van der Waals surface area contributed by atoms with E-state index in [2.05, 4.69) is 24.3 Å². The van der Waals surface area contributed by atoms with Crippen molar-refractivity contribution in [2.24, 2.45) is 11.8 Å². The Balaban J connectivity index is 2.77. The van der Waals surface area contributed by atoms with Crippen molar-refractivity contribution >= 4 is 0 Å². The third-order valence-electron chi connectivity index (χ3n) is 3.09. The number of nitrogens with two attached hydrogens (primary N) is 1. The summed E-state index contributed by atoms with van der Waals surface area (Å²) in [5, 5.41) is 0. The molecule has 0 aliphatic carbocycles. The molecule has 1 aromatic rings. The van der Waals surface area contributed by atoms with Crippen molar-refractivity contribution in [1.82, 2.24) is 10.4 Å². The zero-order chi connectivity index (χ0) is 14.5. The molecule has 0 saturated carbocycles. The molecule has 0 aromatic carbocycles. The maximum Gasteiger partial charge on any atom is 0.417 e. The molecule has 1 heterocycles. The second kappa shape index (κ2) is 6.86. The molecule has 1 rings (SSSR count). The fourth-order valence-corrected chi connectivity index (χ4v) is 2.07. The van der Waals surface area contributed by atoms with Gasteiger partial charge in [-0.1, -0.05) is 26.7 Å². The van der Waals surface area contributed by atoms with Crippen LogP contribution < -0.4 is 11.3 Å². The fraction of sp³-hybridized carbons (Fsp3) is 0.615. The standard InChI is InChI=1S/C13H20F3N3/c1-3-4-9(2)7-12(19-17)11-6-5-10(8-18-11)13(14,15)16/h5-6,8-9,12,19H,3-4,7,17H2,1-2H3. The van der Waals surface area contributed by atoms with E-state index in [0.29, 0.717) is 11.6 Å². The lowest BCUT2D eigenvalue weighted by molar-refractivity contribution is -0.137. The third kappa shape index (κ3) is 4.80. The topological polar surface area (TPSA) is 50.9 Å². The lowest BCUT2D eigenvalue weighted by Gasteiger charge is -2.20. The van der Waals surface area contributed by atoms with Gasteiger partial charge in [0.25, 0.3) is 0 Å². The average molecular weight is 275 g/mol. The van der Waals surface area contributed by atoms with Gasteiger partial charge in [-0.2, -0.15) is 13.2 Å². The number of rotatable bonds is 6. The van der Waals surface area contributed by atoms with Gasteiger partial charge in [-0.3, -0.25) is 16.3 Å². The highest BCUT2D eigenvalue weighted by molar-refractivity contribution is 5.18. The Hall–Kier alpha value is -1.14. The molecule has 0 spiro atoms. The molecule has 0 amide bonds. The Kier molecular flexibility index (Phi) is 5.75. The Morgan fingerprint density at radius 3 is 2.47 bits per heavy atom. The van der Waals surface area contributed by atoms with Crippen molar-refractivity contribution in [3.63, 3.8) is 0 Å². The van der Waals surface area contributed by atoms with E-state index in [-0.39, 0.29) is 6.04 Å². The van der Waals surface area contributed by atoms with Crippen LogP contribution in [-0.2, 0) is 6.18 Å². The molecule has 0 bridgehead atoms. The summed E-state index contributed by atoms with van der Waals surface area (Å²) in [6.45, 7) is 4.19. The van der Waals surface area contributed by atoms with Crippen LogP contribution >= 0.6 is 0 Å². The summed E-state index contributed by atoms with van der Waals surface area (Å²) < 4.78 is 37.3. The lowest BCUT2D eigenvalue weighted by atomic mass is 9.95. The molecular weight excluding hydrogens is 255 g/mol. The summed E-state index contributed by atoms with van der Waals surface area (Å²) in [6, 6.07) is 2.20. The maximum atomic E-state index is 12.4. The Morgan fingerprint density at radius 1 is 1.37 bits per heavy atom. The molecule has 0 radical (unpaired) electrons. The minimum Gasteiger partial charge on any atom is -0.271 e. The van der Waals surface area contributed by atoms with Gasteiger partial charge in [0, 0.05) is 6.20 Å². The van der Waals surface area contributed by atoms with Gasteiger partial charge < -0.3 is 0 Å². The largest absolute Gasteiger partial charge is 0.417 e. The van der Waals surface area contributed by atoms with Crippen LogP contribution in [-0.4, -0.2) is 4.98 Å². The van der Waals surface area contributed by atoms with E-state index in [4.69, 9.17) is 5.84 Å². The highest BCUT2D eigenvalue weighted by atomic mass is 19.4. The second-order valence-corrected chi connectivity index (χ2v) is 4.82. The maximum absolute atomic E-state index is 12.4. The third-order valence-corrected chi connectivity index (χ3v) is 3.09. The summed E-state index contributed by atoms with van der Waals surface area (Å²) in [5.41, 5.74) is 2.42. The molecule has 0 aliphatic heterocycles. The van der Waals surface area contributed by atoms with E-state index >= 15 is 0 Å². The number of hydrogen-bond acceptors (Lipinski definition) is 3.